The lowest BCUT2D eigenvalue weighted by atomic mass is 10.00. The van der Waals surface area contributed by atoms with Gasteiger partial charge in [-0.2, -0.15) is 0 Å². The molecule has 2 amide bonds. The monoisotopic (exact) mass is 456 g/mol. The van der Waals surface area contributed by atoms with Gasteiger partial charge in [0.25, 0.3) is 11.8 Å². The SMILES string of the molecule is NC(=O)c1cnc2[nH]ccc2c1C#CCC(c1cc(F)ccc1F)N1Cc2ccccc2C1=O. The maximum absolute atomic E-state index is 14.8. The Kier molecular flexibility index (Phi) is 5.30. The van der Waals surface area contributed by atoms with Crippen LogP contribution in [0, 0.1) is 23.5 Å². The number of rotatable bonds is 4. The first-order valence-electron chi connectivity index (χ1n) is 10.5. The van der Waals surface area contributed by atoms with Gasteiger partial charge in [-0.25, -0.2) is 13.8 Å². The molecule has 168 valence electrons. The van der Waals surface area contributed by atoms with Crippen LogP contribution in [0.15, 0.2) is 60.9 Å². The number of carbonyl (C=O) groups excluding carboxylic acids is 2. The second-order valence-electron chi connectivity index (χ2n) is 7.93. The van der Waals surface area contributed by atoms with Crippen LogP contribution in [-0.4, -0.2) is 26.7 Å². The number of aromatic nitrogens is 2. The Morgan fingerprint density at radius 1 is 1.21 bits per heavy atom. The summed E-state index contributed by atoms with van der Waals surface area (Å²) in [6.45, 7) is 0.251. The average molecular weight is 456 g/mol. The highest BCUT2D eigenvalue weighted by Gasteiger charge is 2.34. The summed E-state index contributed by atoms with van der Waals surface area (Å²) < 4.78 is 28.8. The van der Waals surface area contributed by atoms with E-state index in [0.717, 1.165) is 23.8 Å². The molecule has 4 aromatic rings. The van der Waals surface area contributed by atoms with Crippen molar-refractivity contribution in [2.75, 3.05) is 0 Å². The number of amides is 2. The summed E-state index contributed by atoms with van der Waals surface area (Å²) in [5, 5.41) is 0.613. The number of primary amides is 1. The highest BCUT2D eigenvalue weighted by atomic mass is 19.1. The standard InChI is InChI=1S/C26H18F2N4O2/c27-16-8-9-22(28)20(12-16)23(32-14-15-4-1-2-5-17(15)26(32)34)7-3-6-18-19-10-11-30-25(19)31-13-21(18)24(29)33/h1-2,4-5,8-13,23H,7,14H2,(H2,29,33)(H,30,31). The van der Waals surface area contributed by atoms with Crippen molar-refractivity contribution in [3.05, 3.63) is 100 Å². The van der Waals surface area contributed by atoms with Crippen molar-refractivity contribution >= 4 is 22.8 Å². The normalized spacial score (nSPS) is 13.5. The summed E-state index contributed by atoms with van der Waals surface area (Å²) in [7, 11) is 0. The predicted octanol–water partition coefficient (Wildman–Crippen LogP) is 4.08. The van der Waals surface area contributed by atoms with E-state index in [-0.39, 0.29) is 30.0 Å². The fourth-order valence-electron chi connectivity index (χ4n) is 4.25. The Bertz CT molecular complexity index is 1520. The average Bonchev–Trinajstić information content (AvgIpc) is 3.43. The van der Waals surface area contributed by atoms with Gasteiger partial charge < -0.3 is 15.6 Å². The third-order valence-corrected chi connectivity index (χ3v) is 5.90. The van der Waals surface area contributed by atoms with Crippen LogP contribution >= 0.6 is 0 Å². The molecule has 1 atom stereocenters. The van der Waals surface area contributed by atoms with Gasteiger partial charge in [0, 0.05) is 47.4 Å². The molecular weight excluding hydrogens is 438 g/mol. The van der Waals surface area contributed by atoms with E-state index in [0.29, 0.717) is 22.2 Å². The van der Waals surface area contributed by atoms with Gasteiger partial charge in [0.05, 0.1) is 11.6 Å². The van der Waals surface area contributed by atoms with Gasteiger partial charge in [-0.15, -0.1) is 0 Å². The van der Waals surface area contributed by atoms with Gasteiger partial charge >= 0.3 is 0 Å². The highest BCUT2D eigenvalue weighted by Crippen LogP contribution is 2.34. The van der Waals surface area contributed by atoms with Gasteiger partial charge in [-0.1, -0.05) is 30.0 Å². The first kappa shape index (κ1) is 21.3. The Hall–Kier alpha value is -4.51. The van der Waals surface area contributed by atoms with Crippen LogP contribution in [0.3, 0.4) is 0 Å². The molecule has 6 nitrogen and oxygen atoms in total. The summed E-state index contributed by atoms with van der Waals surface area (Å²) in [4.78, 5) is 33.6. The number of nitrogens with two attached hydrogens (primary N) is 1. The first-order chi connectivity index (χ1) is 16.4. The van der Waals surface area contributed by atoms with Crippen molar-refractivity contribution in [3.8, 4) is 11.8 Å². The molecule has 5 rings (SSSR count). The quantitative estimate of drug-likeness (QED) is 0.454. The molecule has 1 aliphatic heterocycles. The van der Waals surface area contributed by atoms with Gasteiger partial charge in [0.2, 0.25) is 0 Å². The first-order valence-corrected chi connectivity index (χ1v) is 10.5. The number of nitrogens with zero attached hydrogens (tertiary/aromatic N) is 2. The van der Waals surface area contributed by atoms with Gasteiger partial charge in [0.1, 0.15) is 17.3 Å². The van der Waals surface area contributed by atoms with E-state index >= 15 is 0 Å². The summed E-state index contributed by atoms with van der Waals surface area (Å²) in [5.41, 5.74) is 7.93. The second kappa shape index (κ2) is 8.45. The number of nitrogens with one attached hydrogen (secondary N) is 1. The number of halogens is 2. The number of fused-ring (bicyclic) bond motifs is 2. The molecule has 0 fully saturated rings. The largest absolute Gasteiger partial charge is 0.366 e. The van der Waals surface area contributed by atoms with E-state index in [1.165, 1.54) is 11.1 Å². The molecule has 3 N–H and O–H groups in total. The lowest BCUT2D eigenvalue weighted by Crippen LogP contribution is -2.29. The number of hydrogen-bond donors (Lipinski definition) is 2. The second-order valence-corrected chi connectivity index (χ2v) is 7.93. The van der Waals surface area contributed by atoms with E-state index in [1.54, 1.807) is 24.4 Å². The number of carbonyl (C=O) groups is 2. The number of H-pyrrole nitrogens is 1. The summed E-state index contributed by atoms with van der Waals surface area (Å²) >= 11 is 0. The molecule has 1 aliphatic rings. The Balaban J connectivity index is 1.56. The van der Waals surface area contributed by atoms with E-state index in [9.17, 15) is 18.4 Å². The number of benzene rings is 2. The van der Waals surface area contributed by atoms with E-state index < -0.39 is 23.6 Å². The topological polar surface area (TPSA) is 92.1 Å². The molecule has 1 unspecified atom stereocenters. The molecule has 0 saturated heterocycles. The van der Waals surface area contributed by atoms with Crippen LogP contribution in [0.25, 0.3) is 11.0 Å². The molecular formula is C26H18F2N4O2. The number of pyridine rings is 1. The van der Waals surface area contributed by atoms with Crippen molar-refractivity contribution in [1.82, 2.24) is 14.9 Å². The molecule has 3 heterocycles. The third kappa shape index (κ3) is 3.67. The van der Waals surface area contributed by atoms with Gasteiger partial charge in [-0.3, -0.25) is 9.59 Å². The summed E-state index contributed by atoms with van der Waals surface area (Å²) in [5.74, 6) is 3.71. The Labute approximate surface area is 193 Å². The lowest BCUT2D eigenvalue weighted by Gasteiger charge is -2.27. The molecule has 0 spiro atoms. The fraction of sp³-hybridized carbons (Fsp3) is 0.115. The maximum atomic E-state index is 14.8. The van der Waals surface area contributed by atoms with Crippen LogP contribution in [0.4, 0.5) is 8.78 Å². The van der Waals surface area contributed by atoms with E-state index in [2.05, 4.69) is 21.8 Å². The minimum absolute atomic E-state index is 0.00649. The maximum Gasteiger partial charge on any atom is 0.255 e. The molecule has 2 aromatic carbocycles. The minimum atomic E-state index is -0.844. The van der Waals surface area contributed by atoms with E-state index in [1.807, 2.05) is 12.1 Å². The summed E-state index contributed by atoms with van der Waals surface area (Å²) in [6.07, 6.45) is 3.01. The zero-order valence-electron chi connectivity index (χ0n) is 17.8. The van der Waals surface area contributed by atoms with Crippen molar-refractivity contribution in [1.29, 1.82) is 0 Å². The molecule has 8 heteroatoms. The molecule has 0 radical (unpaired) electrons. The van der Waals surface area contributed by atoms with E-state index in [4.69, 9.17) is 5.73 Å². The lowest BCUT2D eigenvalue weighted by molar-refractivity contribution is 0.0700. The third-order valence-electron chi connectivity index (χ3n) is 5.90. The Morgan fingerprint density at radius 3 is 2.82 bits per heavy atom. The fourth-order valence-corrected chi connectivity index (χ4v) is 4.25. The molecule has 0 aliphatic carbocycles. The predicted molar refractivity (Wildman–Crippen MR) is 122 cm³/mol. The van der Waals surface area contributed by atoms with Gasteiger partial charge in [0.15, 0.2) is 0 Å². The molecule has 34 heavy (non-hydrogen) atoms. The minimum Gasteiger partial charge on any atom is -0.366 e. The van der Waals surface area contributed by atoms with Crippen molar-refractivity contribution in [2.24, 2.45) is 5.73 Å². The van der Waals surface area contributed by atoms with Crippen LogP contribution in [0.5, 0.6) is 0 Å². The number of aromatic amines is 1. The van der Waals surface area contributed by atoms with Crippen LogP contribution in [-0.2, 0) is 6.54 Å². The zero-order valence-corrected chi connectivity index (χ0v) is 17.8. The van der Waals surface area contributed by atoms with Crippen LogP contribution < -0.4 is 5.73 Å². The zero-order chi connectivity index (χ0) is 23.8. The number of hydrogen-bond acceptors (Lipinski definition) is 3. The van der Waals surface area contributed by atoms with Crippen LogP contribution in [0.1, 0.15) is 49.9 Å². The molecule has 2 aromatic heterocycles. The summed E-state index contributed by atoms with van der Waals surface area (Å²) in [6, 6.07) is 11.2. The smallest absolute Gasteiger partial charge is 0.255 e. The van der Waals surface area contributed by atoms with Crippen molar-refractivity contribution in [3.63, 3.8) is 0 Å². The highest BCUT2D eigenvalue weighted by molar-refractivity contribution is 6.00. The van der Waals surface area contributed by atoms with Crippen molar-refractivity contribution < 1.29 is 18.4 Å². The van der Waals surface area contributed by atoms with Crippen LogP contribution in [0.2, 0.25) is 0 Å². The van der Waals surface area contributed by atoms with Gasteiger partial charge in [-0.05, 0) is 35.9 Å². The Morgan fingerprint density at radius 2 is 2.03 bits per heavy atom. The van der Waals surface area contributed by atoms with Crippen molar-refractivity contribution in [2.45, 2.75) is 19.0 Å². The molecule has 0 bridgehead atoms. The molecule has 0 saturated carbocycles.